The number of fused-ring (bicyclic) bond motifs is 2. The van der Waals surface area contributed by atoms with Crippen LogP contribution < -0.4 is 5.32 Å². The van der Waals surface area contributed by atoms with Gasteiger partial charge in [0.15, 0.2) is 10.9 Å². The third kappa shape index (κ3) is 2.88. The van der Waals surface area contributed by atoms with Crippen LogP contribution in [0.25, 0.3) is 11.3 Å². The average molecular weight is 391 g/mol. The molecule has 2 aliphatic rings. The second-order valence-electron chi connectivity index (χ2n) is 7.58. The van der Waals surface area contributed by atoms with E-state index in [1.165, 1.54) is 28.9 Å². The predicted molar refractivity (Wildman–Crippen MR) is 110 cm³/mol. The van der Waals surface area contributed by atoms with Crippen molar-refractivity contribution < 1.29 is 9.59 Å². The van der Waals surface area contributed by atoms with E-state index in [0.29, 0.717) is 22.8 Å². The zero-order valence-electron chi connectivity index (χ0n) is 15.7. The Morgan fingerprint density at radius 3 is 2.82 bits per heavy atom. The lowest BCUT2D eigenvalue weighted by Gasteiger charge is -2.09. The van der Waals surface area contributed by atoms with Crippen LogP contribution in [0.15, 0.2) is 23.6 Å². The van der Waals surface area contributed by atoms with Crippen molar-refractivity contribution in [3.05, 3.63) is 57.2 Å². The topological polar surface area (TPSA) is 74.8 Å². The van der Waals surface area contributed by atoms with Crippen LogP contribution in [0.5, 0.6) is 0 Å². The number of nitrogens with one attached hydrogen (secondary N) is 2. The van der Waals surface area contributed by atoms with Gasteiger partial charge in [0.1, 0.15) is 5.69 Å². The van der Waals surface area contributed by atoms with E-state index in [4.69, 9.17) is 0 Å². The van der Waals surface area contributed by atoms with E-state index in [1.807, 2.05) is 12.3 Å². The lowest BCUT2D eigenvalue weighted by molar-refractivity contribution is 0.0971. The Labute approximate surface area is 167 Å². The fourth-order valence-corrected chi connectivity index (χ4v) is 5.07. The third-order valence-electron chi connectivity index (χ3n) is 5.78. The number of amides is 1. The smallest absolute Gasteiger partial charge is 0.274 e. The van der Waals surface area contributed by atoms with Crippen LogP contribution in [0.2, 0.25) is 0 Å². The number of anilines is 1. The summed E-state index contributed by atoms with van der Waals surface area (Å²) >= 11 is 1.42. The molecule has 0 bridgehead atoms. The molecule has 142 valence electrons. The Bertz CT molecular complexity index is 1110. The minimum Gasteiger partial charge on any atom is -0.354 e. The largest absolute Gasteiger partial charge is 0.354 e. The van der Waals surface area contributed by atoms with Gasteiger partial charge in [-0.1, -0.05) is 12.1 Å². The molecule has 1 aromatic carbocycles. The molecule has 6 heteroatoms. The maximum absolute atomic E-state index is 12.8. The molecule has 3 aromatic rings. The Kier molecular flexibility index (Phi) is 4.16. The van der Waals surface area contributed by atoms with E-state index in [1.54, 1.807) is 0 Å². The minimum atomic E-state index is -0.241. The van der Waals surface area contributed by atoms with Crippen LogP contribution in [-0.4, -0.2) is 21.7 Å². The van der Waals surface area contributed by atoms with Crippen LogP contribution in [-0.2, 0) is 19.3 Å². The first-order valence-electron chi connectivity index (χ1n) is 9.74. The van der Waals surface area contributed by atoms with Crippen molar-refractivity contribution in [3.63, 3.8) is 0 Å². The summed E-state index contributed by atoms with van der Waals surface area (Å²) in [5.74, 6) is -0.114. The minimum absolute atomic E-state index is 0.127. The number of rotatable bonds is 3. The number of thiazole rings is 1. The van der Waals surface area contributed by atoms with E-state index in [0.717, 1.165) is 48.2 Å². The molecule has 5 rings (SSSR count). The Morgan fingerprint density at radius 1 is 1.14 bits per heavy atom. The molecule has 0 saturated heterocycles. The van der Waals surface area contributed by atoms with Gasteiger partial charge in [-0.25, -0.2) is 4.98 Å². The molecule has 0 radical (unpaired) electrons. The van der Waals surface area contributed by atoms with Gasteiger partial charge < -0.3 is 4.98 Å². The fraction of sp³-hybridized carbons (Fsp3) is 0.318. The molecule has 28 heavy (non-hydrogen) atoms. The van der Waals surface area contributed by atoms with E-state index < -0.39 is 0 Å². The van der Waals surface area contributed by atoms with Gasteiger partial charge in [-0.3, -0.25) is 14.9 Å². The number of carbonyl (C=O) groups is 2. The number of benzene rings is 1. The van der Waals surface area contributed by atoms with Crippen LogP contribution in [0.4, 0.5) is 5.13 Å². The number of aryl methyl sites for hydroxylation is 3. The zero-order chi connectivity index (χ0) is 19.3. The van der Waals surface area contributed by atoms with Crippen LogP contribution in [0, 0.1) is 6.92 Å². The van der Waals surface area contributed by atoms with Crippen LogP contribution >= 0.6 is 11.3 Å². The predicted octanol–water partition coefficient (Wildman–Crippen LogP) is 4.71. The molecule has 0 saturated carbocycles. The summed E-state index contributed by atoms with van der Waals surface area (Å²) in [5, 5.41) is 5.43. The van der Waals surface area contributed by atoms with Gasteiger partial charge in [0, 0.05) is 28.6 Å². The van der Waals surface area contributed by atoms with Crippen molar-refractivity contribution in [2.24, 2.45) is 0 Å². The number of aromatic nitrogens is 2. The normalized spacial score (nSPS) is 15.4. The molecule has 2 aromatic heterocycles. The number of hydrogen-bond donors (Lipinski definition) is 2. The number of ketones is 1. The first-order valence-corrected chi connectivity index (χ1v) is 10.6. The summed E-state index contributed by atoms with van der Waals surface area (Å²) in [7, 11) is 0. The molecular formula is C22H21N3O2S. The summed E-state index contributed by atoms with van der Waals surface area (Å²) in [4.78, 5) is 32.7. The summed E-state index contributed by atoms with van der Waals surface area (Å²) < 4.78 is 0. The van der Waals surface area contributed by atoms with E-state index >= 15 is 0 Å². The molecule has 2 N–H and O–H groups in total. The fourth-order valence-electron chi connectivity index (χ4n) is 4.36. The van der Waals surface area contributed by atoms with Crippen molar-refractivity contribution in [2.75, 3.05) is 5.32 Å². The van der Waals surface area contributed by atoms with Gasteiger partial charge in [-0.05, 0) is 61.8 Å². The summed E-state index contributed by atoms with van der Waals surface area (Å²) in [6.45, 7) is 1.84. The SMILES string of the molecule is Cc1c(C(=O)Nc2nc(-c3ccc4c(c3)CCC4)cs2)[nH]c2c1C(=O)CCC2. The monoisotopic (exact) mass is 391 g/mol. The van der Waals surface area contributed by atoms with Gasteiger partial charge in [-0.15, -0.1) is 11.3 Å². The third-order valence-corrected chi connectivity index (χ3v) is 6.54. The number of carbonyl (C=O) groups excluding carboxylic acids is 2. The molecule has 0 fully saturated rings. The highest BCUT2D eigenvalue weighted by molar-refractivity contribution is 7.14. The van der Waals surface area contributed by atoms with Gasteiger partial charge >= 0.3 is 0 Å². The molecular weight excluding hydrogens is 370 g/mol. The molecule has 2 heterocycles. The second-order valence-corrected chi connectivity index (χ2v) is 8.44. The average Bonchev–Trinajstić information content (AvgIpc) is 3.40. The highest BCUT2D eigenvalue weighted by Gasteiger charge is 2.26. The van der Waals surface area contributed by atoms with Crippen LogP contribution in [0.1, 0.15) is 62.5 Å². The van der Waals surface area contributed by atoms with Crippen molar-refractivity contribution in [1.29, 1.82) is 0 Å². The maximum atomic E-state index is 12.8. The Hall–Kier alpha value is -2.73. The highest BCUT2D eigenvalue weighted by atomic mass is 32.1. The molecule has 1 amide bonds. The number of H-pyrrole nitrogens is 1. The summed E-state index contributed by atoms with van der Waals surface area (Å²) in [5.41, 5.74) is 7.62. The van der Waals surface area contributed by atoms with Gasteiger partial charge in [0.2, 0.25) is 0 Å². The van der Waals surface area contributed by atoms with E-state index in [-0.39, 0.29) is 11.7 Å². The lowest BCUT2D eigenvalue weighted by Crippen LogP contribution is -2.13. The number of Topliss-reactive ketones (excluding diaryl/α,β-unsaturated/α-hetero) is 1. The number of hydrogen-bond acceptors (Lipinski definition) is 4. The van der Waals surface area contributed by atoms with Gasteiger partial charge in [0.25, 0.3) is 5.91 Å². The molecule has 0 atom stereocenters. The second kappa shape index (κ2) is 6.71. The Balaban J connectivity index is 1.38. The van der Waals surface area contributed by atoms with Crippen molar-refractivity contribution >= 4 is 28.2 Å². The van der Waals surface area contributed by atoms with Gasteiger partial charge in [-0.2, -0.15) is 0 Å². The van der Waals surface area contributed by atoms with Gasteiger partial charge in [0.05, 0.1) is 5.69 Å². The lowest BCUT2D eigenvalue weighted by atomic mass is 9.94. The summed E-state index contributed by atoms with van der Waals surface area (Å²) in [6, 6.07) is 6.52. The molecule has 0 unspecified atom stereocenters. The number of nitrogens with zero attached hydrogens (tertiary/aromatic N) is 1. The van der Waals surface area contributed by atoms with Crippen molar-refractivity contribution in [2.45, 2.75) is 45.4 Å². The van der Waals surface area contributed by atoms with E-state index in [2.05, 4.69) is 33.5 Å². The zero-order valence-corrected chi connectivity index (χ0v) is 16.5. The van der Waals surface area contributed by atoms with Crippen molar-refractivity contribution in [1.82, 2.24) is 9.97 Å². The van der Waals surface area contributed by atoms with Crippen LogP contribution in [0.3, 0.4) is 0 Å². The van der Waals surface area contributed by atoms with E-state index in [9.17, 15) is 9.59 Å². The number of aromatic amines is 1. The Morgan fingerprint density at radius 2 is 1.96 bits per heavy atom. The maximum Gasteiger partial charge on any atom is 0.274 e. The first-order chi connectivity index (χ1) is 13.6. The van der Waals surface area contributed by atoms with Crippen molar-refractivity contribution in [3.8, 4) is 11.3 Å². The molecule has 0 spiro atoms. The molecule has 0 aliphatic heterocycles. The first kappa shape index (κ1) is 17.4. The molecule has 2 aliphatic carbocycles. The summed E-state index contributed by atoms with van der Waals surface area (Å²) in [6.07, 6.45) is 5.73. The highest BCUT2D eigenvalue weighted by Crippen LogP contribution is 2.31. The quantitative estimate of drug-likeness (QED) is 0.679. The standard InChI is InChI=1S/C22H21N3O2S/c1-12-19-16(6-3-7-18(19)26)23-20(12)21(27)25-22-24-17(11-28-22)15-9-8-13-4-2-5-14(13)10-15/h8-11,23H,2-7H2,1H3,(H,24,25,27). The molecule has 5 nitrogen and oxygen atoms in total.